The maximum atomic E-state index is 11.3. The molecule has 6 heteroatoms. The fourth-order valence-electron chi connectivity index (χ4n) is 2.09. The molecule has 1 saturated heterocycles. The van der Waals surface area contributed by atoms with E-state index in [1.807, 2.05) is 12.1 Å². The maximum absolute atomic E-state index is 11.3. The number of aromatic nitrogens is 1. The summed E-state index contributed by atoms with van der Waals surface area (Å²) in [5.74, 6) is 1.19. The standard InChI is InChI=1S/C12H18N2O3S/c1-17-12-10(3-2-6-13-12)9-14-11-4-7-18(15,16)8-5-11/h2-3,6,11,14H,4-5,7-9H2,1H3. The van der Waals surface area contributed by atoms with Crippen LogP contribution in [0.2, 0.25) is 0 Å². The molecule has 1 aliphatic heterocycles. The molecule has 2 heterocycles. The van der Waals surface area contributed by atoms with Gasteiger partial charge in [0, 0.05) is 24.3 Å². The van der Waals surface area contributed by atoms with E-state index >= 15 is 0 Å². The topological polar surface area (TPSA) is 68.3 Å². The van der Waals surface area contributed by atoms with Gasteiger partial charge in [-0.3, -0.25) is 0 Å². The first-order valence-corrected chi connectivity index (χ1v) is 7.84. The van der Waals surface area contributed by atoms with Gasteiger partial charge in [-0.05, 0) is 18.9 Å². The van der Waals surface area contributed by atoms with Crippen LogP contribution in [0, 0.1) is 0 Å². The van der Waals surface area contributed by atoms with Crippen LogP contribution in [0.3, 0.4) is 0 Å². The number of pyridine rings is 1. The summed E-state index contributed by atoms with van der Waals surface area (Å²) in [4.78, 5) is 4.13. The zero-order valence-corrected chi connectivity index (χ0v) is 11.2. The molecule has 5 nitrogen and oxygen atoms in total. The Bertz CT molecular complexity index is 488. The SMILES string of the molecule is COc1ncccc1CNC1CCS(=O)(=O)CC1. The normalized spacial score (nSPS) is 19.6. The lowest BCUT2D eigenvalue weighted by Gasteiger charge is -2.23. The number of methoxy groups -OCH3 is 1. The highest BCUT2D eigenvalue weighted by Gasteiger charge is 2.23. The van der Waals surface area contributed by atoms with E-state index in [4.69, 9.17) is 4.74 Å². The third kappa shape index (κ3) is 3.43. The highest BCUT2D eigenvalue weighted by atomic mass is 32.2. The van der Waals surface area contributed by atoms with Crippen LogP contribution in [0.25, 0.3) is 0 Å². The van der Waals surface area contributed by atoms with Crippen LogP contribution in [0.1, 0.15) is 18.4 Å². The van der Waals surface area contributed by atoms with Crippen LogP contribution in [-0.4, -0.2) is 38.1 Å². The summed E-state index contributed by atoms with van der Waals surface area (Å²) in [7, 11) is -1.19. The van der Waals surface area contributed by atoms with Gasteiger partial charge >= 0.3 is 0 Å². The molecular weight excluding hydrogens is 252 g/mol. The molecule has 0 spiro atoms. The largest absolute Gasteiger partial charge is 0.481 e. The number of hydrogen-bond donors (Lipinski definition) is 1. The molecule has 0 aliphatic carbocycles. The second-order valence-corrected chi connectivity index (χ2v) is 6.78. The van der Waals surface area contributed by atoms with E-state index in [0.29, 0.717) is 25.3 Å². The lowest BCUT2D eigenvalue weighted by molar-refractivity contribution is 0.386. The number of nitrogens with zero attached hydrogens (tertiary/aromatic N) is 1. The van der Waals surface area contributed by atoms with E-state index in [2.05, 4.69) is 10.3 Å². The van der Waals surface area contributed by atoms with Gasteiger partial charge < -0.3 is 10.1 Å². The molecule has 1 aliphatic rings. The predicted molar refractivity (Wildman–Crippen MR) is 69.3 cm³/mol. The zero-order chi connectivity index (χ0) is 13.0. The van der Waals surface area contributed by atoms with Crippen molar-refractivity contribution in [2.75, 3.05) is 18.6 Å². The zero-order valence-electron chi connectivity index (χ0n) is 10.4. The van der Waals surface area contributed by atoms with E-state index in [1.165, 1.54) is 0 Å². The van der Waals surface area contributed by atoms with E-state index in [9.17, 15) is 8.42 Å². The minimum absolute atomic E-state index is 0.262. The molecule has 1 aromatic heterocycles. The van der Waals surface area contributed by atoms with E-state index in [1.54, 1.807) is 13.3 Å². The third-order valence-corrected chi connectivity index (χ3v) is 4.89. The Morgan fingerprint density at radius 3 is 2.83 bits per heavy atom. The first-order chi connectivity index (χ1) is 8.61. The summed E-state index contributed by atoms with van der Waals surface area (Å²) < 4.78 is 27.8. The summed E-state index contributed by atoms with van der Waals surface area (Å²) in [6, 6.07) is 4.09. The van der Waals surface area contributed by atoms with Crippen molar-refractivity contribution in [1.29, 1.82) is 0 Å². The third-order valence-electron chi connectivity index (χ3n) is 3.18. The average Bonchev–Trinajstić information content (AvgIpc) is 2.38. The molecule has 0 aromatic carbocycles. The number of ether oxygens (including phenoxy) is 1. The van der Waals surface area contributed by atoms with Crippen LogP contribution in [0.5, 0.6) is 5.88 Å². The van der Waals surface area contributed by atoms with Gasteiger partial charge in [-0.2, -0.15) is 0 Å². The molecular formula is C12H18N2O3S. The highest BCUT2D eigenvalue weighted by molar-refractivity contribution is 7.91. The molecule has 0 atom stereocenters. The van der Waals surface area contributed by atoms with Gasteiger partial charge in [0.1, 0.15) is 9.84 Å². The van der Waals surface area contributed by atoms with Gasteiger partial charge in [0.2, 0.25) is 5.88 Å². The fraction of sp³-hybridized carbons (Fsp3) is 0.583. The molecule has 0 amide bonds. The Hall–Kier alpha value is -1.14. The second kappa shape index (κ2) is 5.67. The van der Waals surface area contributed by atoms with Crippen LogP contribution < -0.4 is 10.1 Å². The monoisotopic (exact) mass is 270 g/mol. The summed E-state index contributed by atoms with van der Waals surface area (Å²) in [5.41, 5.74) is 0.994. The second-order valence-electron chi connectivity index (χ2n) is 4.48. The Morgan fingerprint density at radius 1 is 1.44 bits per heavy atom. The fourth-order valence-corrected chi connectivity index (χ4v) is 3.58. The van der Waals surface area contributed by atoms with Crippen molar-refractivity contribution in [1.82, 2.24) is 10.3 Å². The summed E-state index contributed by atoms with van der Waals surface area (Å²) >= 11 is 0. The molecule has 100 valence electrons. The van der Waals surface area contributed by atoms with Gasteiger partial charge in [-0.1, -0.05) is 6.07 Å². The van der Waals surface area contributed by atoms with Crippen molar-refractivity contribution in [2.45, 2.75) is 25.4 Å². The first kappa shape index (κ1) is 13.3. The minimum Gasteiger partial charge on any atom is -0.481 e. The smallest absolute Gasteiger partial charge is 0.217 e. The molecule has 1 fully saturated rings. The maximum Gasteiger partial charge on any atom is 0.217 e. The van der Waals surface area contributed by atoms with E-state index in [-0.39, 0.29) is 17.5 Å². The van der Waals surface area contributed by atoms with Gasteiger partial charge in [-0.15, -0.1) is 0 Å². The molecule has 0 unspecified atom stereocenters. The molecule has 0 saturated carbocycles. The van der Waals surface area contributed by atoms with Crippen LogP contribution in [-0.2, 0) is 16.4 Å². The predicted octanol–water partition coefficient (Wildman–Crippen LogP) is 0.757. The van der Waals surface area contributed by atoms with Gasteiger partial charge in [-0.25, -0.2) is 13.4 Å². The Labute approximate surface area is 107 Å². The minimum atomic E-state index is -2.79. The Kier molecular flexibility index (Phi) is 4.19. The number of rotatable bonds is 4. The molecule has 0 bridgehead atoms. The Balaban J connectivity index is 1.89. The quantitative estimate of drug-likeness (QED) is 0.874. The molecule has 0 radical (unpaired) electrons. The van der Waals surface area contributed by atoms with Crippen molar-refractivity contribution in [2.24, 2.45) is 0 Å². The average molecular weight is 270 g/mol. The van der Waals surface area contributed by atoms with E-state index in [0.717, 1.165) is 5.56 Å². The van der Waals surface area contributed by atoms with Crippen molar-refractivity contribution in [3.05, 3.63) is 23.9 Å². The van der Waals surface area contributed by atoms with Crippen molar-refractivity contribution in [3.63, 3.8) is 0 Å². The van der Waals surface area contributed by atoms with Gasteiger partial charge in [0.05, 0.1) is 18.6 Å². The summed E-state index contributed by atoms with van der Waals surface area (Å²) in [6.45, 7) is 0.654. The number of hydrogen-bond acceptors (Lipinski definition) is 5. The Morgan fingerprint density at radius 2 is 2.17 bits per heavy atom. The molecule has 1 N–H and O–H groups in total. The summed E-state index contributed by atoms with van der Waals surface area (Å²) in [6.07, 6.45) is 3.06. The molecule has 1 aromatic rings. The number of sulfone groups is 1. The van der Waals surface area contributed by atoms with Gasteiger partial charge in [0.15, 0.2) is 0 Å². The van der Waals surface area contributed by atoms with E-state index < -0.39 is 9.84 Å². The van der Waals surface area contributed by atoms with Crippen LogP contribution in [0.4, 0.5) is 0 Å². The van der Waals surface area contributed by atoms with Crippen molar-refractivity contribution < 1.29 is 13.2 Å². The molecule has 18 heavy (non-hydrogen) atoms. The first-order valence-electron chi connectivity index (χ1n) is 6.02. The number of nitrogens with one attached hydrogen (secondary N) is 1. The lowest BCUT2D eigenvalue weighted by Crippen LogP contribution is -2.37. The highest BCUT2D eigenvalue weighted by Crippen LogP contribution is 2.16. The molecule has 2 rings (SSSR count). The van der Waals surface area contributed by atoms with Crippen molar-refractivity contribution >= 4 is 9.84 Å². The lowest BCUT2D eigenvalue weighted by atomic mass is 10.1. The summed E-state index contributed by atoms with van der Waals surface area (Å²) in [5, 5.41) is 3.37. The van der Waals surface area contributed by atoms with Crippen molar-refractivity contribution in [3.8, 4) is 5.88 Å². The van der Waals surface area contributed by atoms with Crippen LogP contribution in [0.15, 0.2) is 18.3 Å². The van der Waals surface area contributed by atoms with Crippen LogP contribution >= 0.6 is 0 Å². The van der Waals surface area contributed by atoms with Gasteiger partial charge in [0.25, 0.3) is 0 Å².